The van der Waals surface area contributed by atoms with Crippen molar-refractivity contribution in [1.82, 2.24) is 10.3 Å². The Morgan fingerprint density at radius 3 is 2.83 bits per heavy atom. The Morgan fingerprint density at radius 1 is 1.17 bits per heavy atom. The highest BCUT2D eigenvalue weighted by Gasteiger charge is 2.08. The zero-order valence-corrected chi connectivity index (χ0v) is 10.7. The summed E-state index contributed by atoms with van der Waals surface area (Å²) < 4.78 is 0. The fourth-order valence-electron chi connectivity index (χ4n) is 2.43. The summed E-state index contributed by atoms with van der Waals surface area (Å²) >= 11 is 0. The molecule has 0 atom stereocenters. The second kappa shape index (κ2) is 4.91. The number of nitrogens with one attached hydrogen (secondary N) is 1. The van der Waals surface area contributed by atoms with E-state index in [0.717, 1.165) is 30.6 Å². The normalized spacial score (nSPS) is 15.6. The highest BCUT2D eigenvalue weighted by molar-refractivity contribution is 5.79. The first kappa shape index (κ1) is 11.4. The van der Waals surface area contributed by atoms with Crippen molar-refractivity contribution in [3.05, 3.63) is 53.7 Å². The van der Waals surface area contributed by atoms with E-state index in [1.165, 1.54) is 10.9 Å². The van der Waals surface area contributed by atoms with Crippen molar-refractivity contribution in [2.75, 3.05) is 0 Å². The summed E-state index contributed by atoms with van der Waals surface area (Å²) in [5, 5.41) is 4.82. The van der Waals surface area contributed by atoms with Gasteiger partial charge in [0.05, 0.1) is 5.52 Å². The molecule has 18 heavy (non-hydrogen) atoms. The van der Waals surface area contributed by atoms with E-state index >= 15 is 0 Å². The molecule has 92 valence electrons. The SMILES string of the molecule is Cc1ccc2cc(CNC3CC=CC3)ccc2n1. The smallest absolute Gasteiger partial charge is 0.0705 e. The van der Waals surface area contributed by atoms with Crippen molar-refractivity contribution >= 4 is 10.9 Å². The molecule has 1 aliphatic rings. The molecule has 1 aliphatic carbocycles. The largest absolute Gasteiger partial charge is 0.309 e. The number of aromatic nitrogens is 1. The lowest BCUT2D eigenvalue weighted by molar-refractivity contribution is 0.538. The van der Waals surface area contributed by atoms with Crippen LogP contribution in [0.2, 0.25) is 0 Å². The average Bonchev–Trinajstić information content (AvgIpc) is 2.89. The number of benzene rings is 1. The Balaban J connectivity index is 1.74. The van der Waals surface area contributed by atoms with Gasteiger partial charge in [-0.3, -0.25) is 4.98 Å². The number of hydrogen-bond acceptors (Lipinski definition) is 2. The van der Waals surface area contributed by atoms with Gasteiger partial charge in [-0.2, -0.15) is 0 Å². The van der Waals surface area contributed by atoms with Crippen LogP contribution in [0.5, 0.6) is 0 Å². The molecule has 1 N–H and O–H groups in total. The Labute approximate surface area is 108 Å². The number of nitrogens with zero attached hydrogens (tertiary/aromatic N) is 1. The summed E-state index contributed by atoms with van der Waals surface area (Å²) in [6, 6.07) is 11.4. The first-order chi connectivity index (χ1) is 8.81. The molecule has 2 heteroatoms. The fourth-order valence-corrected chi connectivity index (χ4v) is 2.43. The van der Waals surface area contributed by atoms with E-state index in [0.29, 0.717) is 6.04 Å². The van der Waals surface area contributed by atoms with Crippen molar-refractivity contribution in [2.24, 2.45) is 0 Å². The lowest BCUT2D eigenvalue weighted by Gasteiger charge is -2.12. The predicted octanol–water partition coefficient (Wildman–Crippen LogP) is 3.35. The fraction of sp³-hybridized carbons (Fsp3) is 0.312. The zero-order valence-electron chi connectivity index (χ0n) is 10.7. The Kier molecular flexibility index (Phi) is 3.11. The first-order valence-electron chi connectivity index (χ1n) is 6.56. The van der Waals surface area contributed by atoms with Crippen LogP contribution in [0.25, 0.3) is 10.9 Å². The quantitative estimate of drug-likeness (QED) is 0.829. The van der Waals surface area contributed by atoms with Crippen LogP contribution in [-0.2, 0) is 6.54 Å². The molecule has 0 spiro atoms. The van der Waals surface area contributed by atoms with Gasteiger partial charge in [-0.05, 0) is 43.5 Å². The molecule has 0 saturated carbocycles. The molecule has 0 fully saturated rings. The van der Waals surface area contributed by atoms with E-state index in [4.69, 9.17) is 0 Å². The van der Waals surface area contributed by atoms with E-state index in [1.807, 2.05) is 6.92 Å². The molecular formula is C16H18N2. The van der Waals surface area contributed by atoms with Crippen LogP contribution in [0.1, 0.15) is 24.1 Å². The molecule has 3 rings (SSSR count). The first-order valence-corrected chi connectivity index (χ1v) is 6.56. The second-order valence-electron chi connectivity index (χ2n) is 5.00. The lowest BCUT2D eigenvalue weighted by atomic mass is 10.1. The Bertz CT molecular complexity index is 579. The molecule has 2 aromatic rings. The maximum absolute atomic E-state index is 4.52. The van der Waals surface area contributed by atoms with Gasteiger partial charge in [0.1, 0.15) is 0 Å². The van der Waals surface area contributed by atoms with Crippen LogP contribution in [0, 0.1) is 6.92 Å². The van der Waals surface area contributed by atoms with E-state index in [2.05, 4.69) is 52.8 Å². The maximum atomic E-state index is 4.52. The second-order valence-corrected chi connectivity index (χ2v) is 5.00. The summed E-state index contributed by atoms with van der Waals surface area (Å²) in [5.41, 5.74) is 3.49. The Hall–Kier alpha value is -1.67. The topological polar surface area (TPSA) is 24.9 Å². The van der Waals surface area contributed by atoms with Gasteiger partial charge in [0.15, 0.2) is 0 Å². The molecule has 1 aromatic heterocycles. The summed E-state index contributed by atoms with van der Waals surface area (Å²) in [6.07, 6.45) is 6.83. The monoisotopic (exact) mass is 238 g/mol. The molecule has 0 bridgehead atoms. The zero-order chi connectivity index (χ0) is 12.4. The van der Waals surface area contributed by atoms with Gasteiger partial charge >= 0.3 is 0 Å². The van der Waals surface area contributed by atoms with Gasteiger partial charge in [0, 0.05) is 23.7 Å². The highest BCUT2D eigenvalue weighted by atomic mass is 14.9. The Morgan fingerprint density at radius 2 is 2.00 bits per heavy atom. The third-order valence-electron chi connectivity index (χ3n) is 3.50. The summed E-state index contributed by atoms with van der Waals surface area (Å²) in [7, 11) is 0. The molecule has 0 unspecified atom stereocenters. The molecule has 0 saturated heterocycles. The van der Waals surface area contributed by atoms with E-state index in [1.54, 1.807) is 0 Å². The van der Waals surface area contributed by atoms with E-state index < -0.39 is 0 Å². The van der Waals surface area contributed by atoms with Gasteiger partial charge < -0.3 is 5.32 Å². The van der Waals surface area contributed by atoms with Crippen molar-refractivity contribution in [3.8, 4) is 0 Å². The van der Waals surface area contributed by atoms with Crippen molar-refractivity contribution < 1.29 is 0 Å². The van der Waals surface area contributed by atoms with Crippen LogP contribution in [0.4, 0.5) is 0 Å². The number of rotatable bonds is 3. The van der Waals surface area contributed by atoms with E-state index in [9.17, 15) is 0 Å². The molecule has 0 radical (unpaired) electrons. The van der Waals surface area contributed by atoms with Crippen LogP contribution >= 0.6 is 0 Å². The van der Waals surface area contributed by atoms with Gasteiger partial charge in [0.25, 0.3) is 0 Å². The third-order valence-corrected chi connectivity index (χ3v) is 3.50. The number of aryl methyl sites for hydroxylation is 1. The summed E-state index contributed by atoms with van der Waals surface area (Å²) in [6.45, 7) is 2.97. The third kappa shape index (κ3) is 2.44. The molecule has 1 heterocycles. The van der Waals surface area contributed by atoms with Gasteiger partial charge in [-0.25, -0.2) is 0 Å². The van der Waals surface area contributed by atoms with Gasteiger partial charge in [-0.15, -0.1) is 0 Å². The number of fused-ring (bicyclic) bond motifs is 1. The average molecular weight is 238 g/mol. The lowest BCUT2D eigenvalue weighted by Crippen LogP contribution is -2.25. The van der Waals surface area contributed by atoms with Gasteiger partial charge in [0.2, 0.25) is 0 Å². The summed E-state index contributed by atoms with van der Waals surface area (Å²) in [4.78, 5) is 4.52. The maximum Gasteiger partial charge on any atom is 0.0705 e. The molecular weight excluding hydrogens is 220 g/mol. The van der Waals surface area contributed by atoms with Crippen LogP contribution in [-0.4, -0.2) is 11.0 Å². The molecule has 1 aromatic carbocycles. The predicted molar refractivity (Wildman–Crippen MR) is 75.5 cm³/mol. The molecule has 0 amide bonds. The highest BCUT2D eigenvalue weighted by Crippen LogP contribution is 2.16. The molecule has 0 aliphatic heterocycles. The minimum Gasteiger partial charge on any atom is -0.309 e. The van der Waals surface area contributed by atoms with Crippen molar-refractivity contribution in [3.63, 3.8) is 0 Å². The standard InChI is InChI=1S/C16H18N2/c1-12-6-8-14-10-13(7-9-16(14)18-12)11-17-15-4-2-3-5-15/h2-3,6-10,15,17H,4-5,11H2,1H3. The minimum atomic E-state index is 0.622. The number of hydrogen-bond donors (Lipinski definition) is 1. The van der Waals surface area contributed by atoms with Crippen LogP contribution in [0.15, 0.2) is 42.5 Å². The molecule has 2 nitrogen and oxygen atoms in total. The van der Waals surface area contributed by atoms with Crippen molar-refractivity contribution in [1.29, 1.82) is 0 Å². The number of pyridine rings is 1. The minimum absolute atomic E-state index is 0.622. The van der Waals surface area contributed by atoms with Gasteiger partial charge in [-0.1, -0.05) is 24.3 Å². The van der Waals surface area contributed by atoms with Crippen molar-refractivity contribution in [2.45, 2.75) is 32.4 Å². The van der Waals surface area contributed by atoms with E-state index in [-0.39, 0.29) is 0 Å². The van der Waals surface area contributed by atoms with Crippen LogP contribution in [0.3, 0.4) is 0 Å². The van der Waals surface area contributed by atoms with Crippen LogP contribution < -0.4 is 5.32 Å². The summed E-state index contributed by atoms with van der Waals surface area (Å²) in [5.74, 6) is 0.